The van der Waals surface area contributed by atoms with Crippen molar-refractivity contribution in [2.75, 3.05) is 0 Å². The Morgan fingerprint density at radius 1 is 1.29 bits per heavy atom. The van der Waals surface area contributed by atoms with Crippen LogP contribution in [0.5, 0.6) is 0 Å². The topological polar surface area (TPSA) is 70.1 Å². The Bertz CT molecular complexity index is 698. The summed E-state index contributed by atoms with van der Waals surface area (Å²) in [7, 11) is 0. The van der Waals surface area contributed by atoms with E-state index in [1.165, 1.54) is 5.56 Å². The summed E-state index contributed by atoms with van der Waals surface area (Å²) in [5.74, 6) is -0.249. The van der Waals surface area contributed by atoms with Gasteiger partial charge in [-0.05, 0) is 38.7 Å². The highest BCUT2D eigenvalue weighted by Crippen LogP contribution is 2.22. The fourth-order valence-corrected chi connectivity index (χ4v) is 2.55. The first-order chi connectivity index (χ1) is 10.1. The van der Waals surface area contributed by atoms with Gasteiger partial charge in [-0.3, -0.25) is 9.89 Å². The maximum atomic E-state index is 12.2. The van der Waals surface area contributed by atoms with Gasteiger partial charge in [0.1, 0.15) is 0 Å². The number of aryl methyl sites for hydroxylation is 2. The van der Waals surface area contributed by atoms with Crippen molar-refractivity contribution in [3.63, 3.8) is 0 Å². The maximum absolute atomic E-state index is 12.2. The van der Waals surface area contributed by atoms with Gasteiger partial charge in [-0.25, -0.2) is 5.43 Å². The smallest absolute Gasteiger partial charge is 0.281 e. The third-order valence-corrected chi connectivity index (χ3v) is 3.82. The highest BCUT2D eigenvalue weighted by Gasteiger charge is 2.22. The molecule has 0 atom stereocenters. The predicted molar refractivity (Wildman–Crippen MR) is 81.5 cm³/mol. The monoisotopic (exact) mass is 282 g/mol. The first-order valence-electron chi connectivity index (χ1n) is 7.13. The van der Waals surface area contributed by atoms with Crippen LogP contribution >= 0.6 is 0 Å². The number of aromatic nitrogens is 2. The molecule has 0 saturated heterocycles. The van der Waals surface area contributed by atoms with E-state index in [9.17, 15) is 4.79 Å². The molecule has 3 rings (SSSR count). The van der Waals surface area contributed by atoms with Crippen LogP contribution in [-0.4, -0.2) is 21.8 Å². The maximum Gasteiger partial charge on any atom is 0.292 e. The second-order valence-corrected chi connectivity index (χ2v) is 5.39. The predicted octanol–water partition coefficient (Wildman–Crippen LogP) is 2.36. The van der Waals surface area contributed by atoms with Gasteiger partial charge in [0.05, 0.1) is 5.71 Å². The van der Waals surface area contributed by atoms with Gasteiger partial charge >= 0.3 is 0 Å². The number of amides is 1. The largest absolute Gasteiger partial charge is 0.292 e. The molecule has 21 heavy (non-hydrogen) atoms. The number of rotatable bonds is 3. The molecular weight excluding hydrogens is 264 g/mol. The molecule has 0 radical (unpaired) electrons. The Labute approximate surface area is 123 Å². The van der Waals surface area contributed by atoms with Gasteiger partial charge in [0.25, 0.3) is 5.91 Å². The molecule has 0 bridgehead atoms. The summed E-state index contributed by atoms with van der Waals surface area (Å²) in [6.07, 6.45) is 2.96. The Morgan fingerprint density at radius 2 is 2.05 bits per heavy atom. The summed E-state index contributed by atoms with van der Waals surface area (Å²) < 4.78 is 0. The Morgan fingerprint density at radius 3 is 2.81 bits per heavy atom. The lowest BCUT2D eigenvalue weighted by Crippen LogP contribution is -2.21. The number of hydrazone groups is 1. The molecule has 0 aliphatic heterocycles. The van der Waals surface area contributed by atoms with Gasteiger partial charge in [0.15, 0.2) is 5.69 Å². The van der Waals surface area contributed by atoms with Crippen molar-refractivity contribution in [2.24, 2.45) is 5.10 Å². The average molecular weight is 282 g/mol. The molecule has 5 nitrogen and oxygen atoms in total. The van der Waals surface area contributed by atoms with Crippen molar-refractivity contribution in [2.45, 2.75) is 33.1 Å². The summed E-state index contributed by atoms with van der Waals surface area (Å²) in [5, 5.41) is 11.2. The zero-order valence-corrected chi connectivity index (χ0v) is 12.2. The van der Waals surface area contributed by atoms with Crippen LogP contribution < -0.4 is 5.43 Å². The van der Waals surface area contributed by atoms with Crippen LogP contribution in [0, 0.1) is 6.92 Å². The molecule has 1 aromatic heterocycles. The fraction of sp³-hybridized carbons (Fsp3) is 0.312. The molecule has 0 saturated carbocycles. The van der Waals surface area contributed by atoms with Crippen LogP contribution in [0.15, 0.2) is 29.4 Å². The van der Waals surface area contributed by atoms with Gasteiger partial charge in [-0.2, -0.15) is 10.2 Å². The van der Waals surface area contributed by atoms with Gasteiger partial charge in [-0.1, -0.05) is 29.8 Å². The molecule has 1 aromatic carbocycles. The molecule has 1 aliphatic rings. The minimum atomic E-state index is -0.249. The number of fused-ring (bicyclic) bond motifs is 1. The molecule has 0 spiro atoms. The lowest BCUT2D eigenvalue weighted by atomic mass is 10.1. The summed E-state index contributed by atoms with van der Waals surface area (Å²) in [6.45, 7) is 3.91. The lowest BCUT2D eigenvalue weighted by Gasteiger charge is -2.03. The molecule has 5 heteroatoms. The van der Waals surface area contributed by atoms with Crippen molar-refractivity contribution >= 4 is 11.6 Å². The molecule has 0 fully saturated rings. The summed E-state index contributed by atoms with van der Waals surface area (Å²) in [6, 6.07) is 8.03. The second kappa shape index (κ2) is 5.52. The van der Waals surface area contributed by atoms with Crippen LogP contribution in [0.4, 0.5) is 0 Å². The van der Waals surface area contributed by atoms with Gasteiger partial charge in [0, 0.05) is 11.3 Å². The number of hydrogen-bond acceptors (Lipinski definition) is 3. The molecule has 1 aliphatic carbocycles. The normalized spacial score (nSPS) is 14.1. The molecule has 0 unspecified atom stereocenters. The van der Waals surface area contributed by atoms with Crippen molar-refractivity contribution in [3.05, 3.63) is 52.3 Å². The fourth-order valence-electron chi connectivity index (χ4n) is 2.55. The number of aromatic amines is 1. The SMILES string of the molecule is C/C(=N\NC(=O)c1n[nH]c2c1CCC2)c1ccc(C)cc1. The number of carbonyl (C=O) groups is 1. The number of carbonyl (C=O) groups excluding carboxylic acids is 1. The molecular formula is C16H18N4O. The zero-order valence-electron chi connectivity index (χ0n) is 12.2. The highest BCUT2D eigenvalue weighted by molar-refractivity contribution is 6.00. The van der Waals surface area contributed by atoms with Crippen molar-refractivity contribution < 1.29 is 4.79 Å². The van der Waals surface area contributed by atoms with Gasteiger partial charge in [-0.15, -0.1) is 0 Å². The quantitative estimate of drug-likeness (QED) is 0.670. The van der Waals surface area contributed by atoms with E-state index in [0.717, 1.165) is 41.8 Å². The molecule has 108 valence electrons. The third-order valence-electron chi connectivity index (χ3n) is 3.82. The number of hydrogen-bond donors (Lipinski definition) is 2. The van der Waals surface area contributed by atoms with Gasteiger partial charge < -0.3 is 0 Å². The van der Waals surface area contributed by atoms with Gasteiger partial charge in [0.2, 0.25) is 0 Å². The lowest BCUT2D eigenvalue weighted by molar-refractivity contribution is 0.0949. The molecule has 1 amide bonds. The van der Waals surface area contributed by atoms with Crippen LogP contribution in [0.25, 0.3) is 0 Å². The van der Waals surface area contributed by atoms with Crippen LogP contribution in [0.3, 0.4) is 0 Å². The van der Waals surface area contributed by atoms with E-state index in [1.54, 1.807) is 0 Å². The number of benzene rings is 1. The number of H-pyrrole nitrogens is 1. The standard InChI is InChI=1S/C16H18N4O/c1-10-6-8-12(9-7-10)11(2)17-20-16(21)15-13-4-3-5-14(13)18-19-15/h6-9H,3-5H2,1-2H3,(H,18,19)(H,20,21)/b17-11+. The Balaban J connectivity index is 1.72. The highest BCUT2D eigenvalue weighted by atomic mass is 16.2. The van der Waals surface area contributed by atoms with Crippen molar-refractivity contribution in [3.8, 4) is 0 Å². The van der Waals surface area contributed by atoms with Crippen LogP contribution in [0.1, 0.15) is 46.2 Å². The average Bonchev–Trinajstić information content (AvgIpc) is 3.08. The molecule has 2 N–H and O–H groups in total. The summed E-state index contributed by atoms with van der Waals surface area (Å²) >= 11 is 0. The van der Waals surface area contributed by atoms with E-state index >= 15 is 0 Å². The van der Waals surface area contributed by atoms with E-state index in [1.807, 2.05) is 38.1 Å². The second-order valence-electron chi connectivity index (χ2n) is 5.39. The first-order valence-corrected chi connectivity index (χ1v) is 7.13. The molecule has 2 aromatic rings. The van der Waals surface area contributed by atoms with Crippen molar-refractivity contribution in [1.82, 2.24) is 15.6 Å². The van der Waals surface area contributed by atoms with E-state index in [-0.39, 0.29) is 5.91 Å². The van der Waals surface area contributed by atoms with E-state index < -0.39 is 0 Å². The van der Waals surface area contributed by atoms with E-state index in [0.29, 0.717) is 5.69 Å². The summed E-state index contributed by atoms with van der Waals surface area (Å²) in [4.78, 5) is 12.2. The minimum absolute atomic E-state index is 0.249. The minimum Gasteiger partial charge on any atom is -0.281 e. The summed E-state index contributed by atoms with van der Waals surface area (Å²) in [5.41, 5.74) is 8.15. The Kier molecular flexibility index (Phi) is 3.56. The van der Waals surface area contributed by atoms with Crippen LogP contribution in [-0.2, 0) is 12.8 Å². The molecule has 1 heterocycles. The van der Waals surface area contributed by atoms with Crippen LogP contribution in [0.2, 0.25) is 0 Å². The van der Waals surface area contributed by atoms with Crippen molar-refractivity contribution in [1.29, 1.82) is 0 Å². The number of nitrogens with zero attached hydrogens (tertiary/aromatic N) is 2. The zero-order chi connectivity index (χ0) is 14.8. The first kappa shape index (κ1) is 13.5. The third kappa shape index (κ3) is 2.72. The van der Waals surface area contributed by atoms with E-state index in [2.05, 4.69) is 20.7 Å². The Hall–Kier alpha value is -2.43. The number of nitrogens with one attached hydrogen (secondary N) is 2. The van der Waals surface area contributed by atoms with E-state index in [4.69, 9.17) is 0 Å².